The van der Waals surface area contributed by atoms with E-state index in [9.17, 15) is 19.2 Å². The number of hydrogen-bond acceptors (Lipinski definition) is 5. The van der Waals surface area contributed by atoms with Gasteiger partial charge in [0, 0.05) is 23.0 Å². The zero-order chi connectivity index (χ0) is 32.0. The van der Waals surface area contributed by atoms with Gasteiger partial charge in [-0.3, -0.25) is 14.4 Å². The Morgan fingerprint density at radius 2 is 1.60 bits per heavy atom. The lowest BCUT2D eigenvalue weighted by molar-refractivity contribution is -0.137. The number of nitrogens with one attached hydrogen (secondary N) is 4. The predicted molar refractivity (Wildman–Crippen MR) is 171 cm³/mol. The number of nitrogens with two attached hydrogens (primary N) is 1. The van der Waals surface area contributed by atoms with Crippen LogP contribution >= 0.6 is 0 Å². The molecule has 0 radical (unpaired) electrons. The van der Waals surface area contributed by atoms with Crippen LogP contribution in [0.25, 0.3) is 10.9 Å². The molecule has 10 heteroatoms. The van der Waals surface area contributed by atoms with Crippen molar-refractivity contribution in [2.75, 3.05) is 0 Å². The van der Waals surface area contributed by atoms with E-state index in [-0.39, 0.29) is 25.4 Å². The molecule has 4 amide bonds. The van der Waals surface area contributed by atoms with E-state index in [1.165, 1.54) is 0 Å². The molecule has 1 aliphatic rings. The summed E-state index contributed by atoms with van der Waals surface area (Å²) in [4.78, 5) is 57.2. The number of aromatic nitrogens is 1. The number of primary amides is 1. The maximum atomic E-state index is 14.3. The van der Waals surface area contributed by atoms with Gasteiger partial charge < -0.3 is 31.4 Å². The third-order valence-electron chi connectivity index (χ3n) is 8.65. The number of rotatable bonds is 11. The van der Waals surface area contributed by atoms with Crippen molar-refractivity contribution < 1.29 is 23.9 Å². The third kappa shape index (κ3) is 7.01. The summed E-state index contributed by atoms with van der Waals surface area (Å²) in [5.74, 6) is -2.05. The minimum absolute atomic E-state index is 0.0468. The zero-order valence-electron chi connectivity index (χ0n) is 25.5. The van der Waals surface area contributed by atoms with E-state index >= 15 is 0 Å². The number of ether oxygens (including phenoxy) is 1. The molecule has 1 aromatic heterocycles. The maximum Gasteiger partial charge on any atom is 0.408 e. The van der Waals surface area contributed by atoms with Gasteiger partial charge in [-0.25, -0.2) is 4.79 Å². The van der Waals surface area contributed by atoms with E-state index in [1.54, 1.807) is 30.3 Å². The van der Waals surface area contributed by atoms with Crippen LogP contribution < -0.4 is 21.7 Å². The monoisotopic (exact) mass is 609 g/mol. The molecule has 234 valence electrons. The molecule has 1 aliphatic carbocycles. The molecule has 1 unspecified atom stereocenters. The second kappa shape index (κ2) is 13.7. The Kier molecular flexibility index (Phi) is 9.51. The van der Waals surface area contributed by atoms with Crippen molar-refractivity contribution in [1.82, 2.24) is 20.9 Å². The fraction of sp³-hybridized carbons (Fsp3) is 0.314. The summed E-state index contributed by atoms with van der Waals surface area (Å²) >= 11 is 0. The normalized spacial score (nSPS) is 17.7. The highest BCUT2D eigenvalue weighted by Crippen LogP contribution is 2.35. The number of hydrogen-bond donors (Lipinski definition) is 5. The number of para-hydroxylation sites is 1. The van der Waals surface area contributed by atoms with Gasteiger partial charge in [-0.05, 0) is 41.5 Å². The molecule has 0 fully saturated rings. The van der Waals surface area contributed by atoms with Crippen molar-refractivity contribution in [3.63, 3.8) is 0 Å². The van der Waals surface area contributed by atoms with Crippen LogP contribution in [0.3, 0.4) is 0 Å². The molecule has 45 heavy (non-hydrogen) atoms. The standard InChI is InChI=1S/C35H39N5O5/c1-3-22(2)29(39-34(44)45-21-23-12-6-4-7-13-23)32(42)40-35(33(43)38-30(31(36)41)24-14-8-5-9-15-24)19-18-28-26(20-35)25-16-10-11-17-27(25)37-28/h4-17,22,29-30,37H,3,18-21H2,1-2H3,(H2,36,41)(H,38,43)(H,39,44)(H,40,42)/t22-,29-,30?,35+/m0/s1. The highest BCUT2D eigenvalue weighted by Gasteiger charge is 2.46. The average Bonchev–Trinajstić information content (AvgIpc) is 3.43. The van der Waals surface area contributed by atoms with Crippen LogP contribution in [0.2, 0.25) is 0 Å². The van der Waals surface area contributed by atoms with Crippen molar-refractivity contribution in [2.45, 2.75) is 63.8 Å². The molecule has 0 saturated heterocycles. The second-order valence-electron chi connectivity index (χ2n) is 11.7. The van der Waals surface area contributed by atoms with Gasteiger partial charge in [-0.15, -0.1) is 0 Å². The van der Waals surface area contributed by atoms with Gasteiger partial charge in [-0.2, -0.15) is 0 Å². The molecule has 0 aliphatic heterocycles. The zero-order valence-corrected chi connectivity index (χ0v) is 25.5. The third-order valence-corrected chi connectivity index (χ3v) is 8.65. The van der Waals surface area contributed by atoms with Crippen molar-refractivity contribution in [3.8, 4) is 0 Å². The molecular formula is C35H39N5O5. The first-order chi connectivity index (χ1) is 21.7. The van der Waals surface area contributed by atoms with Gasteiger partial charge in [0.25, 0.3) is 0 Å². The fourth-order valence-corrected chi connectivity index (χ4v) is 5.90. The highest BCUT2D eigenvalue weighted by molar-refractivity contribution is 5.98. The van der Waals surface area contributed by atoms with Crippen LogP contribution in [0.4, 0.5) is 4.79 Å². The lowest BCUT2D eigenvalue weighted by Crippen LogP contribution is -2.65. The van der Waals surface area contributed by atoms with Gasteiger partial charge in [0.2, 0.25) is 17.7 Å². The number of benzene rings is 3. The summed E-state index contributed by atoms with van der Waals surface area (Å²) in [5.41, 5.74) is 8.50. The molecule has 10 nitrogen and oxygen atoms in total. The van der Waals surface area contributed by atoms with E-state index in [4.69, 9.17) is 10.5 Å². The van der Waals surface area contributed by atoms with Crippen molar-refractivity contribution >= 4 is 34.7 Å². The largest absolute Gasteiger partial charge is 0.445 e. The number of amides is 4. The predicted octanol–water partition coefficient (Wildman–Crippen LogP) is 4.20. The molecule has 4 atom stereocenters. The SMILES string of the molecule is CC[C@H](C)[C@H](NC(=O)OCc1ccccc1)C(=O)N[C@]1(C(=O)NC(C(N)=O)c2ccccc2)CCc2[nH]c3ccccc3c2C1. The van der Waals surface area contributed by atoms with Crippen LogP contribution in [-0.2, 0) is 38.6 Å². The fourth-order valence-electron chi connectivity index (χ4n) is 5.90. The minimum atomic E-state index is -1.43. The van der Waals surface area contributed by atoms with Gasteiger partial charge in [-0.1, -0.05) is 99.1 Å². The van der Waals surface area contributed by atoms with Gasteiger partial charge in [0.05, 0.1) is 0 Å². The molecule has 0 bridgehead atoms. The molecule has 3 aromatic carbocycles. The molecule has 0 spiro atoms. The van der Waals surface area contributed by atoms with Crippen LogP contribution in [0.1, 0.15) is 55.1 Å². The topological polar surface area (TPSA) is 155 Å². The van der Waals surface area contributed by atoms with Crippen LogP contribution in [0, 0.1) is 5.92 Å². The average molecular weight is 610 g/mol. The van der Waals surface area contributed by atoms with Crippen molar-refractivity contribution in [3.05, 3.63) is 107 Å². The Labute approximate surface area is 262 Å². The summed E-state index contributed by atoms with van der Waals surface area (Å²) in [6.45, 7) is 3.82. The van der Waals surface area contributed by atoms with E-state index in [0.717, 1.165) is 27.7 Å². The Balaban J connectivity index is 1.43. The Morgan fingerprint density at radius 1 is 0.933 bits per heavy atom. The second-order valence-corrected chi connectivity index (χ2v) is 11.7. The number of carbonyl (C=O) groups is 4. The molecule has 4 aromatic rings. The summed E-state index contributed by atoms with van der Waals surface area (Å²) < 4.78 is 5.41. The first kappa shape index (κ1) is 31.3. The van der Waals surface area contributed by atoms with Crippen molar-refractivity contribution in [2.24, 2.45) is 11.7 Å². The summed E-state index contributed by atoms with van der Waals surface area (Å²) in [7, 11) is 0. The highest BCUT2D eigenvalue weighted by atomic mass is 16.5. The minimum Gasteiger partial charge on any atom is -0.445 e. The maximum absolute atomic E-state index is 14.3. The first-order valence-corrected chi connectivity index (χ1v) is 15.2. The summed E-state index contributed by atoms with van der Waals surface area (Å²) in [5, 5.41) is 9.54. The summed E-state index contributed by atoms with van der Waals surface area (Å²) in [6, 6.07) is 23.7. The molecule has 5 rings (SSSR count). The summed E-state index contributed by atoms with van der Waals surface area (Å²) in [6.07, 6.45) is 0.760. The smallest absolute Gasteiger partial charge is 0.408 e. The Hall–Kier alpha value is -5.12. The number of aryl methyl sites for hydroxylation is 1. The quantitative estimate of drug-likeness (QED) is 0.172. The van der Waals surface area contributed by atoms with Gasteiger partial charge in [0.1, 0.15) is 24.2 Å². The lowest BCUT2D eigenvalue weighted by Gasteiger charge is -2.39. The van der Waals surface area contributed by atoms with E-state index in [2.05, 4.69) is 20.9 Å². The van der Waals surface area contributed by atoms with E-state index < -0.39 is 41.4 Å². The van der Waals surface area contributed by atoms with E-state index in [0.29, 0.717) is 18.4 Å². The molecule has 1 heterocycles. The first-order valence-electron chi connectivity index (χ1n) is 15.2. The number of alkyl carbamates (subject to hydrolysis) is 1. The Morgan fingerprint density at radius 3 is 2.29 bits per heavy atom. The number of fused-ring (bicyclic) bond motifs is 3. The van der Waals surface area contributed by atoms with Gasteiger partial charge >= 0.3 is 6.09 Å². The van der Waals surface area contributed by atoms with E-state index in [1.807, 2.05) is 68.4 Å². The number of H-pyrrole nitrogens is 1. The molecular weight excluding hydrogens is 570 g/mol. The molecule has 6 N–H and O–H groups in total. The van der Waals surface area contributed by atoms with Crippen LogP contribution in [0.15, 0.2) is 84.9 Å². The van der Waals surface area contributed by atoms with Crippen molar-refractivity contribution in [1.29, 1.82) is 0 Å². The lowest BCUT2D eigenvalue weighted by atomic mass is 9.78. The molecule has 0 saturated carbocycles. The number of carbonyl (C=O) groups excluding carboxylic acids is 4. The van der Waals surface area contributed by atoms with Gasteiger partial charge in [0.15, 0.2) is 0 Å². The van der Waals surface area contributed by atoms with Crippen LogP contribution in [0.5, 0.6) is 0 Å². The Bertz CT molecular complexity index is 1670. The number of aromatic amines is 1. The van der Waals surface area contributed by atoms with Crippen LogP contribution in [-0.4, -0.2) is 40.4 Å².